The summed E-state index contributed by atoms with van der Waals surface area (Å²) in [6, 6.07) is 7.73. The molecule has 0 spiro atoms. The fourth-order valence-electron chi connectivity index (χ4n) is 1.57. The maximum Gasteiger partial charge on any atom is 0.234 e. The minimum atomic E-state index is -0.0555. The van der Waals surface area contributed by atoms with Gasteiger partial charge in [0.05, 0.1) is 13.2 Å². The van der Waals surface area contributed by atoms with Gasteiger partial charge in [0.25, 0.3) is 0 Å². The van der Waals surface area contributed by atoms with Crippen molar-refractivity contribution >= 4 is 5.91 Å². The molecule has 98 valence electrons. The predicted molar refractivity (Wildman–Crippen MR) is 72.0 cm³/mol. The molecule has 0 heterocycles. The maximum atomic E-state index is 11.4. The SMILES string of the molecule is C=CCNC(=O)CNC(C)c1cccc(CO)c1. The van der Waals surface area contributed by atoms with E-state index < -0.39 is 0 Å². The second-order valence-corrected chi connectivity index (χ2v) is 4.10. The largest absolute Gasteiger partial charge is 0.392 e. The fraction of sp³-hybridized carbons (Fsp3) is 0.357. The van der Waals surface area contributed by atoms with Crippen molar-refractivity contribution in [1.82, 2.24) is 10.6 Å². The summed E-state index contributed by atoms with van der Waals surface area (Å²) < 4.78 is 0. The molecule has 4 heteroatoms. The number of aliphatic hydroxyl groups excluding tert-OH is 1. The molecule has 1 unspecified atom stereocenters. The smallest absolute Gasteiger partial charge is 0.234 e. The van der Waals surface area contributed by atoms with E-state index in [4.69, 9.17) is 5.11 Å². The van der Waals surface area contributed by atoms with Crippen molar-refractivity contribution in [2.75, 3.05) is 13.1 Å². The first kappa shape index (κ1) is 14.4. The summed E-state index contributed by atoms with van der Waals surface area (Å²) in [6.07, 6.45) is 1.64. The Labute approximate surface area is 108 Å². The fourth-order valence-corrected chi connectivity index (χ4v) is 1.57. The van der Waals surface area contributed by atoms with Gasteiger partial charge in [-0.2, -0.15) is 0 Å². The summed E-state index contributed by atoms with van der Waals surface area (Å²) in [7, 11) is 0. The zero-order valence-corrected chi connectivity index (χ0v) is 10.6. The van der Waals surface area contributed by atoms with Crippen LogP contribution in [0, 0.1) is 0 Å². The van der Waals surface area contributed by atoms with Crippen molar-refractivity contribution in [2.24, 2.45) is 0 Å². The van der Waals surface area contributed by atoms with Gasteiger partial charge in [-0.1, -0.05) is 30.3 Å². The van der Waals surface area contributed by atoms with Crippen LogP contribution in [0.25, 0.3) is 0 Å². The number of benzene rings is 1. The summed E-state index contributed by atoms with van der Waals surface area (Å²) in [5, 5.41) is 14.9. The molecule has 18 heavy (non-hydrogen) atoms. The molecule has 0 saturated heterocycles. The van der Waals surface area contributed by atoms with Crippen molar-refractivity contribution in [2.45, 2.75) is 19.6 Å². The third-order valence-corrected chi connectivity index (χ3v) is 2.65. The van der Waals surface area contributed by atoms with Crippen LogP contribution in [-0.4, -0.2) is 24.1 Å². The number of carbonyl (C=O) groups is 1. The highest BCUT2D eigenvalue weighted by molar-refractivity contribution is 5.78. The van der Waals surface area contributed by atoms with Crippen LogP contribution >= 0.6 is 0 Å². The van der Waals surface area contributed by atoms with Crippen molar-refractivity contribution < 1.29 is 9.90 Å². The highest BCUT2D eigenvalue weighted by atomic mass is 16.3. The monoisotopic (exact) mass is 248 g/mol. The Morgan fingerprint density at radius 2 is 2.33 bits per heavy atom. The lowest BCUT2D eigenvalue weighted by molar-refractivity contribution is -0.120. The summed E-state index contributed by atoms with van der Waals surface area (Å²) in [5.41, 5.74) is 1.93. The second kappa shape index (κ2) is 7.63. The van der Waals surface area contributed by atoms with Crippen molar-refractivity contribution in [1.29, 1.82) is 0 Å². The van der Waals surface area contributed by atoms with Gasteiger partial charge in [0.1, 0.15) is 0 Å². The van der Waals surface area contributed by atoms with Gasteiger partial charge in [0.2, 0.25) is 5.91 Å². The number of hydrogen-bond acceptors (Lipinski definition) is 3. The van der Waals surface area contributed by atoms with E-state index in [0.29, 0.717) is 6.54 Å². The minimum Gasteiger partial charge on any atom is -0.392 e. The van der Waals surface area contributed by atoms with E-state index in [1.54, 1.807) is 6.08 Å². The van der Waals surface area contributed by atoms with Gasteiger partial charge in [-0.25, -0.2) is 0 Å². The molecule has 3 N–H and O–H groups in total. The molecule has 0 saturated carbocycles. The minimum absolute atomic E-state index is 0.0282. The lowest BCUT2D eigenvalue weighted by Gasteiger charge is -2.14. The highest BCUT2D eigenvalue weighted by Gasteiger charge is 2.07. The van der Waals surface area contributed by atoms with Crippen LogP contribution in [0.5, 0.6) is 0 Å². The van der Waals surface area contributed by atoms with Gasteiger partial charge >= 0.3 is 0 Å². The van der Waals surface area contributed by atoms with Crippen LogP contribution in [0.4, 0.5) is 0 Å². The van der Waals surface area contributed by atoms with Crippen molar-refractivity contribution in [3.63, 3.8) is 0 Å². The van der Waals surface area contributed by atoms with E-state index in [2.05, 4.69) is 17.2 Å². The summed E-state index contributed by atoms with van der Waals surface area (Å²) in [5.74, 6) is -0.0555. The average Bonchev–Trinajstić information content (AvgIpc) is 2.42. The maximum absolute atomic E-state index is 11.4. The summed E-state index contributed by atoms with van der Waals surface area (Å²) in [6.45, 7) is 6.29. The van der Waals surface area contributed by atoms with E-state index in [9.17, 15) is 4.79 Å². The quantitative estimate of drug-likeness (QED) is 0.634. The third kappa shape index (κ3) is 4.69. The Morgan fingerprint density at radius 3 is 3.00 bits per heavy atom. The topological polar surface area (TPSA) is 61.4 Å². The second-order valence-electron chi connectivity index (χ2n) is 4.10. The van der Waals surface area contributed by atoms with Gasteiger partial charge < -0.3 is 15.7 Å². The molecule has 1 amide bonds. The van der Waals surface area contributed by atoms with E-state index in [0.717, 1.165) is 11.1 Å². The number of rotatable bonds is 7. The molecule has 4 nitrogen and oxygen atoms in total. The first-order chi connectivity index (χ1) is 8.67. The third-order valence-electron chi connectivity index (χ3n) is 2.65. The standard InChI is InChI=1S/C14H20N2O2/c1-3-7-15-14(18)9-16-11(2)13-6-4-5-12(8-13)10-17/h3-6,8,11,16-17H,1,7,9-10H2,2H3,(H,15,18). The van der Waals surface area contributed by atoms with Crippen molar-refractivity contribution in [3.05, 3.63) is 48.0 Å². The Balaban J connectivity index is 2.46. The molecule has 1 atom stereocenters. The molecule has 0 fully saturated rings. The highest BCUT2D eigenvalue weighted by Crippen LogP contribution is 2.13. The average molecular weight is 248 g/mol. The number of nitrogens with one attached hydrogen (secondary N) is 2. The van der Waals surface area contributed by atoms with Gasteiger partial charge in [-0.05, 0) is 18.1 Å². The van der Waals surface area contributed by atoms with E-state index in [1.165, 1.54) is 0 Å². The first-order valence-corrected chi connectivity index (χ1v) is 5.98. The van der Waals surface area contributed by atoms with Crippen LogP contribution in [0.15, 0.2) is 36.9 Å². The van der Waals surface area contributed by atoms with Crippen LogP contribution in [-0.2, 0) is 11.4 Å². The molecular weight excluding hydrogens is 228 g/mol. The van der Waals surface area contributed by atoms with Crippen LogP contribution < -0.4 is 10.6 Å². The van der Waals surface area contributed by atoms with Crippen LogP contribution in [0.3, 0.4) is 0 Å². The van der Waals surface area contributed by atoms with Gasteiger partial charge in [0, 0.05) is 12.6 Å². The zero-order chi connectivity index (χ0) is 13.4. The Bertz CT molecular complexity index is 405. The predicted octanol–water partition coefficient (Wildman–Crippen LogP) is 1.13. The van der Waals surface area contributed by atoms with Gasteiger partial charge in [0.15, 0.2) is 0 Å². The number of amides is 1. The number of hydrogen-bond donors (Lipinski definition) is 3. The molecular formula is C14H20N2O2. The molecule has 1 aromatic carbocycles. The number of carbonyl (C=O) groups excluding carboxylic acids is 1. The van der Waals surface area contributed by atoms with Crippen molar-refractivity contribution in [3.8, 4) is 0 Å². The van der Waals surface area contributed by atoms with E-state index >= 15 is 0 Å². The molecule has 1 rings (SSSR count). The van der Waals surface area contributed by atoms with Crippen LogP contribution in [0.1, 0.15) is 24.1 Å². The van der Waals surface area contributed by atoms with Gasteiger partial charge in [-0.3, -0.25) is 4.79 Å². The molecule has 1 aromatic rings. The Hall–Kier alpha value is -1.65. The van der Waals surface area contributed by atoms with E-state index in [1.807, 2.05) is 31.2 Å². The lowest BCUT2D eigenvalue weighted by Crippen LogP contribution is -2.35. The molecule has 0 aliphatic rings. The zero-order valence-electron chi connectivity index (χ0n) is 10.6. The molecule has 0 aliphatic heterocycles. The summed E-state index contributed by atoms with van der Waals surface area (Å²) in [4.78, 5) is 11.4. The number of aliphatic hydroxyl groups is 1. The Kier molecular flexibility index (Phi) is 6.11. The normalized spacial score (nSPS) is 11.9. The van der Waals surface area contributed by atoms with Gasteiger partial charge in [-0.15, -0.1) is 6.58 Å². The lowest BCUT2D eigenvalue weighted by atomic mass is 10.1. The molecule has 0 radical (unpaired) electrons. The molecule has 0 aromatic heterocycles. The Morgan fingerprint density at radius 1 is 1.56 bits per heavy atom. The summed E-state index contributed by atoms with van der Waals surface area (Å²) >= 11 is 0. The first-order valence-electron chi connectivity index (χ1n) is 5.98. The van der Waals surface area contributed by atoms with E-state index in [-0.39, 0.29) is 25.1 Å². The van der Waals surface area contributed by atoms with Crippen LogP contribution in [0.2, 0.25) is 0 Å². The molecule has 0 bridgehead atoms. The molecule has 0 aliphatic carbocycles.